The van der Waals surface area contributed by atoms with Crippen molar-refractivity contribution in [3.63, 3.8) is 0 Å². The van der Waals surface area contributed by atoms with Crippen molar-refractivity contribution in [1.82, 2.24) is 14.6 Å². The van der Waals surface area contributed by atoms with Crippen molar-refractivity contribution in [3.05, 3.63) is 36.0 Å². The number of aromatic amines is 1. The van der Waals surface area contributed by atoms with Crippen LogP contribution in [0.15, 0.2) is 30.5 Å². The molecule has 0 spiro atoms. The molecule has 1 amide bonds. The van der Waals surface area contributed by atoms with Gasteiger partial charge in [-0.15, -0.1) is 0 Å². The summed E-state index contributed by atoms with van der Waals surface area (Å²) in [4.78, 5) is 15.8. The Hall–Kier alpha value is -1.86. The van der Waals surface area contributed by atoms with Gasteiger partial charge in [0.25, 0.3) is 5.91 Å². The first-order chi connectivity index (χ1) is 11.4. The minimum atomic E-state index is -3.17. The van der Waals surface area contributed by atoms with Crippen molar-refractivity contribution in [2.24, 2.45) is 0 Å². The largest absolute Gasteiger partial charge is 0.360 e. The summed E-state index contributed by atoms with van der Waals surface area (Å²) in [7, 11) is -3.17. The summed E-state index contributed by atoms with van der Waals surface area (Å²) in [6.45, 7) is 0. The molecule has 3 heterocycles. The molecule has 0 radical (unpaired) electrons. The van der Waals surface area contributed by atoms with Gasteiger partial charge in [0.05, 0.1) is 11.8 Å². The third-order valence-corrected chi connectivity index (χ3v) is 6.58. The van der Waals surface area contributed by atoms with Crippen LogP contribution in [0.25, 0.3) is 10.9 Å². The summed E-state index contributed by atoms with van der Waals surface area (Å²) in [5.41, 5.74) is 1.58. The normalized spacial score (nSPS) is 27.5. The van der Waals surface area contributed by atoms with Crippen molar-refractivity contribution in [2.45, 2.75) is 43.8 Å². The number of sulfonamides is 1. The number of benzene rings is 1. The van der Waals surface area contributed by atoms with E-state index in [1.165, 1.54) is 6.26 Å². The highest BCUT2D eigenvalue weighted by Gasteiger charge is 2.45. The van der Waals surface area contributed by atoms with Crippen LogP contribution in [-0.4, -0.2) is 48.0 Å². The molecular weight excluding hydrogens is 326 g/mol. The topological polar surface area (TPSA) is 82.3 Å². The van der Waals surface area contributed by atoms with E-state index < -0.39 is 10.0 Å². The van der Waals surface area contributed by atoms with Gasteiger partial charge in [-0.25, -0.2) is 8.42 Å². The smallest absolute Gasteiger partial charge is 0.253 e. The summed E-state index contributed by atoms with van der Waals surface area (Å²) in [6, 6.07) is 7.78. The second-order valence-corrected chi connectivity index (χ2v) is 8.76. The van der Waals surface area contributed by atoms with E-state index in [9.17, 15) is 13.2 Å². The number of hydrogen-bond acceptors (Lipinski definition) is 3. The summed E-state index contributed by atoms with van der Waals surface area (Å²) in [5, 5.41) is 4.01. The fourth-order valence-corrected chi connectivity index (χ4v) is 5.78. The van der Waals surface area contributed by atoms with Gasteiger partial charge in [0.2, 0.25) is 10.0 Å². The average molecular weight is 347 g/mol. The van der Waals surface area contributed by atoms with E-state index in [1.807, 2.05) is 24.3 Å². The fraction of sp³-hybridized carbons (Fsp3) is 0.471. The second kappa shape index (κ2) is 5.60. The zero-order chi connectivity index (χ0) is 16.9. The van der Waals surface area contributed by atoms with Crippen molar-refractivity contribution in [1.29, 1.82) is 0 Å². The lowest BCUT2D eigenvalue weighted by Gasteiger charge is -2.37. The number of aromatic nitrogens is 1. The molecule has 2 aliphatic rings. The number of rotatable bonds is 3. The standard InChI is InChI=1S/C17H21N3O3S/c1-24(22,23)20-12-6-7-13(20)9-11(8-12)19-17(21)15-10-18-16-5-3-2-4-14(15)16/h2-5,10-13,18H,6-9H2,1H3,(H,19,21). The Bertz CT molecular complexity index is 875. The number of para-hydroxylation sites is 1. The predicted molar refractivity (Wildman–Crippen MR) is 92.3 cm³/mol. The van der Waals surface area contributed by atoms with E-state index >= 15 is 0 Å². The number of nitrogens with zero attached hydrogens (tertiary/aromatic N) is 1. The number of piperidine rings is 1. The highest BCUT2D eigenvalue weighted by Crippen LogP contribution is 2.37. The summed E-state index contributed by atoms with van der Waals surface area (Å²) >= 11 is 0. The molecule has 2 aromatic rings. The fourth-order valence-electron chi connectivity index (χ4n) is 4.32. The molecule has 0 saturated carbocycles. The molecule has 24 heavy (non-hydrogen) atoms. The molecular formula is C17H21N3O3S. The molecule has 2 N–H and O–H groups in total. The molecule has 1 aromatic carbocycles. The maximum atomic E-state index is 12.6. The van der Waals surface area contributed by atoms with E-state index in [1.54, 1.807) is 10.5 Å². The minimum Gasteiger partial charge on any atom is -0.360 e. The summed E-state index contributed by atoms with van der Waals surface area (Å²) in [6.07, 6.45) is 6.17. The lowest BCUT2D eigenvalue weighted by molar-refractivity contribution is 0.0911. The molecule has 2 fully saturated rings. The van der Waals surface area contributed by atoms with Crippen LogP contribution in [0.3, 0.4) is 0 Å². The van der Waals surface area contributed by atoms with Gasteiger partial charge in [-0.05, 0) is 31.7 Å². The van der Waals surface area contributed by atoms with Crippen LogP contribution in [0.4, 0.5) is 0 Å². The lowest BCUT2D eigenvalue weighted by atomic mass is 9.99. The van der Waals surface area contributed by atoms with Crippen molar-refractivity contribution in [3.8, 4) is 0 Å². The van der Waals surface area contributed by atoms with Gasteiger partial charge < -0.3 is 10.3 Å². The third-order valence-electron chi connectivity index (χ3n) is 5.22. The van der Waals surface area contributed by atoms with Crippen molar-refractivity contribution < 1.29 is 13.2 Å². The van der Waals surface area contributed by atoms with Gasteiger partial charge in [-0.1, -0.05) is 18.2 Å². The number of amides is 1. The van der Waals surface area contributed by atoms with Crippen LogP contribution in [0.1, 0.15) is 36.0 Å². The molecule has 2 aliphatic heterocycles. The van der Waals surface area contributed by atoms with Crippen LogP contribution in [0.2, 0.25) is 0 Å². The number of carbonyl (C=O) groups excluding carboxylic acids is 1. The lowest BCUT2D eigenvalue weighted by Crippen LogP contribution is -2.52. The van der Waals surface area contributed by atoms with Crippen LogP contribution < -0.4 is 5.32 Å². The molecule has 2 unspecified atom stereocenters. The van der Waals surface area contributed by atoms with Gasteiger partial charge in [0, 0.05) is 35.2 Å². The van der Waals surface area contributed by atoms with Gasteiger partial charge in [-0.3, -0.25) is 4.79 Å². The Morgan fingerprint density at radius 2 is 1.88 bits per heavy atom. The Morgan fingerprint density at radius 3 is 2.54 bits per heavy atom. The molecule has 2 saturated heterocycles. The quantitative estimate of drug-likeness (QED) is 0.889. The molecule has 7 heteroatoms. The number of carbonyl (C=O) groups is 1. The maximum absolute atomic E-state index is 12.6. The Labute approximate surface area is 141 Å². The zero-order valence-corrected chi connectivity index (χ0v) is 14.3. The monoisotopic (exact) mass is 347 g/mol. The highest BCUT2D eigenvalue weighted by molar-refractivity contribution is 7.88. The first-order valence-corrected chi connectivity index (χ1v) is 10.1. The predicted octanol–water partition coefficient (Wildman–Crippen LogP) is 1.85. The summed E-state index contributed by atoms with van der Waals surface area (Å²) in [5.74, 6) is -0.0929. The third kappa shape index (κ3) is 2.61. The van der Waals surface area contributed by atoms with Gasteiger partial charge in [0.1, 0.15) is 0 Å². The van der Waals surface area contributed by atoms with Gasteiger partial charge in [-0.2, -0.15) is 4.31 Å². The Kier molecular flexibility index (Phi) is 3.65. The molecule has 2 bridgehead atoms. The van der Waals surface area contributed by atoms with Crippen molar-refractivity contribution in [2.75, 3.05) is 6.26 Å². The van der Waals surface area contributed by atoms with Crippen LogP contribution in [0.5, 0.6) is 0 Å². The zero-order valence-electron chi connectivity index (χ0n) is 13.5. The van der Waals surface area contributed by atoms with E-state index in [0.29, 0.717) is 18.4 Å². The minimum absolute atomic E-state index is 0.0204. The Morgan fingerprint density at radius 1 is 1.21 bits per heavy atom. The van der Waals surface area contributed by atoms with Crippen LogP contribution >= 0.6 is 0 Å². The molecule has 1 aromatic heterocycles. The Balaban J connectivity index is 1.50. The molecule has 2 atom stereocenters. The van der Waals surface area contributed by atoms with E-state index in [4.69, 9.17) is 0 Å². The number of fused-ring (bicyclic) bond motifs is 3. The SMILES string of the molecule is CS(=O)(=O)N1C2CCC1CC(NC(=O)c1c[nH]c3ccccc13)C2. The maximum Gasteiger partial charge on any atom is 0.253 e. The second-order valence-electron chi connectivity index (χ2n) is 6.87. The number of hydrogen-bond donors (Lipinski definition) is 2. The first kappa shape index (κ1) is 15.7. The number of nitrogens with one attached hydrogen (secondary N) is 2. The van der Waals surface area contributed by atoms with Crippen LogP contribution in [-0.2, 0) is 10.0 Å². The van der Waals surface area contributed by atoms with Crippen LogP contribution in [0, 0.1) is 0 Å². The molecule has 6 nitrogen and oxygen atoms in total. The molecule has 4 rings (SSSR count). The van der Waals surface area contributed by atoms with Gasteiger partial charge >= 0.3 is 0 Å². The van der Waals surface area contributed by atoms with E-state index in [-0.39, 0.29) is 24.0 Å². The average Bonchev–Trinajstić information content (AvgIpc) is 3.07. The molecule has 128 valence electrons. The first-order valence-electron chi connectivity index (χ1n) is 8.29. The number of H-pyrrole nitrogens is 1. The van der Waals surface area contributed by atoms with Gasteiger partial charge in [0.15, 0.2) is 0 Å². The highest BCUT2D eigenvalue weighted by atomic mass is 32.2. The van der Waals surface area contributed by atoms with E-state index in [0.717, 1.165) is 23.7 Å². The molecule has 0 aliphatic carbocycles. The van der Waals surface area contributed by atoms with Crippen molar-refractivity contribution >= 4 is 26.8 Å². The summed E-state index contributed by atoms with van der Waals surface area (Å²) < 4.78 is 25.5. The van der Waals surface area contributed by atoms with E-state index in [2.05, 4.69) is 10.3 Å².